The van der Waals surface area contributed by atoms with Crippen molar-refractivity contribution in [3.05, 3.63) is 412 Å². The summed E-state index contributed by atoms with van der Waals surface area (Å²) in [5, 5.41) is 47.3. The fourth-order valence-corrected chi connectivity index (χ4v) is 16.5. The summed E-state index contributed by atoms with van der Waals surface area (Å²) in [6.45, 7) is 2.25. The number of benzene rings is 9. The number of aromatic amines is 3. The number of fused-ring (bicyclic) bond motifs is 3. The molecule has 0 bridgehead atoms. The van der Waals surface area contributed by atoms with Crippen LogP contribution in [0.2, 0.25) is 30.1 Å². The third-order valence-electron chi connectivity index (χ3n) is 21.7. The number of halogens is 6. The second-order valence-electron chi connectivity index (χ2n) is 30.2. The van der Waals surface area contributed by atoms with Gasteiger partial charge < -0.3 is 49.9 Å². The highest BCUT2D eigenvalue weighted by Gasteiger charge is 2.32. The van der Waals surface area contributed by atoms with Gasteiger partial charge in [0.15, 0.2) is 17.5 Å². The zero-order valence-electron chi connectivity index (χ0n) is 66.5. The lowest BCUT2D eigenvalue weighted by molar-refractivity contribution is -0.123. The Hall–Kier alpha value is -12.6. The molecule has 1 aliphatic rings. The van der Waals surface area contributed by atoms with Crippen molar-refractivity contribution in [2.45, 2.75) is 102 Å². The van der Waals surface area contributed by atoms with Crippen LogP contribution in [0.15, 0.2) is 286 Å². The molecular formula is C96H84Cl6N18O3. The molecule has 27 heteroatoms. The minimum absolute atomic E-state index is 0.0176. The second-order valence-corrected chi connectivity index (χ2v) is 32.6. The Labute approximate surface area is 740 Å². The van der Waals surface area contributed by atoms with Crippen molar-refractivity contribution in [3.63, 3.8) is 0 Å². The maximum absolute atomic E-state index is 13.4. The lowest BCUT2D eigenvalue weighted by Crippen LogP contribution is -2.43. The van der Waals surface area contributed by atoms with Gasteiger partial charge in [-0.05, 0) is 148 Å². The molecule has 8 aromatic heterocycles. The van der Waals surface area contributed by atoms with Gasteiger partial charge in [0.05, 0.1) is 80.4 Å². The van der Waals surface area contributed by atoms with E-state index >= 15 is 0 Å². The lowest BCUT2D eigenvalue weighted by atomic mass is 10.0. The summed E-state index contributed by atoms with van der Waals surface area (Å²) in [6, 6.07) is 80.9. The van der Waals surface area contributed by atoms with Crippen LogP contribution in [0.4, 0.5) is 0 Å². The topological polar surface area (TPSA) is 265 Å². The Morgan fingerprint density at radius 2 is 0.756 bits per heavy atom. The summed E-state index contributed by atoms with van der Waals surface area (Å²) in [7, 11) is 0. The summed E-state index contributed by atoms with van der Waals surface area (Å²) >= 11 is 37.8. The highest BCUT2D eigenvalue weighted by Crippen LogP contribution is 2.34. The summed E-state index contributed by atoms with van der Waals surface area (Å²) in [6.07, 6.45) is 14.6. The van der Waals surface area contributed by atoms with E-state index in [-0.39, 0.29) is 30.2 Å². The first-order valence-electron chi connectivity index (χ1n) is 40.4. The third kappa shape index (κ3) is 21.1. The van der Waals surface area contributed by atoms with Crippen LogP contribution in [0.5, 0.6) is 0 Å². The molecule has 123 heavy (non-hydrogen) atoms. The van der Waals surface area contributed by atoms with Gasteiger partial charge in [-0.3, -0.25) is 24.4 Å². The van der Waals surface area contributed by atoms with Gasteiger partial charge >= 0.3 is 0 Å². The molecule has 0 saturated carbocycles. The van der Waals surface area contributed by atoms with Crippen LogP contribution in [-0.4, -0.2) is 99.5 Å². The van der Waals surface area contributed by atoms with Gasteiger partial charge in [0.2, 0.25) is 11.8 Å². The van der Waals surface area contributed by atoms with Crippen molar-refractivity contribution < 1.29 is 14.4 Å². The van der Waals surface area contributed by atoms with Crippen LogP contribution in [0.1, 0.15) is 132 Å². The molecule has 3 amide bonds. The first kappa shape index (κ1) is 84.1. The van der Waals surface area contributed by atoms with Crippen LogP contribution >= 0.6 is 69.6 Å². The molecule has 1 fully saturated rings. The number of para-hydroxylation sites is 3. The van der Waals surface area contributed by atoms with E-state index in [0.29, 0.717) is 117 Å². The maximum Gasteiger partial charge on any atom is 0.270 e. The molecule has 4 atom stereocenters. The van der Waals surface area contributed by atoms with E-state index in [1.807, 2.05) is 176 Å². The van der Waals surface area contributed by atoms with Crippen LogP contribution in [0.3, 0.4) is 0 Å². The van der Waals surface area contributed by atoms with Crippen LogP contribution in [0, 0.1) is 0 Å². The normalized spacial score (nSPS) is 13.2. The third-order valence-corrected chi connectivity index (χ3v) is 23.9. The number of hydrogen-bond donors (Lipinski definition) is 7. The SMILES string of the molecule is O=C(Cc1ccccn1)N[C@H](Cc1c[nH]c2ccccc12)c1nnc(Cc2ccccc2)n1Cc1ccc(Cl)c(Cl)c1.O=C(N[C@H](Cc1c[nH]c2ccccc12)c1nnc(Cc2ccccc2)n1Cc1ccc(Cl)c(Cl)c1)[C@@H]1CCCN1.O=C(N[C@H](Cc1c[nH]c2ccccc12)c1nnc(Cc2ccccc2)n1Cc1ccc(Cl)c(Cl)c1)c1ccccn1. The average Bonchev–Trinajstić information content (AvgIpc) is 1.64. The zero-order valence-corrected chi connectivity index (χ0v) is 71.1. The van der Waals surface area contributed by atoms with Gasteiger partial charge in [-0.2, -0.15) is 0 Å². The number of carbonyl (C=O) groups excluding carboxylic acids is 3. The van der Waals surface area contributed by atoms with Crippen molar-refractivity contribution in [2.24, 2.45) is 0 Å². The van der Waals surface area contributed by atoms with Gasteiger partial charge in [0, 0.05) is 108 Å². The smallest absolute Gasteiger partial charge is 0.270 e. The fraction of sp³-hybridized carbons (Fsp3) is 0.177. The molecule has 0 spiro atoms. The van der Waals surface area contributed by atoms with Crippen LogP contribution in [0.25, 0.3) is 32.7 Å². The largest absolute Gasteiger partial charge is 0.361 e. The summed E-state index contributed by atoms with van der Waals surface area (Å²) in [5.74, 6) is 3.91. The molecule has 1 aliphatic heterocycles. The summed E-state index contributed by atoms with van der Waals surface area (Å²) in [5.41, 5.74) is 13.6. The highest BCUT2D eigenvalue weighted by atomic mass is 35.5. The predicted molar refractivity (Wildman–Crippen MR) is 486 cm³/mol. The maximum atomic E-state index is 13.4. The number of amides is 3. The molecule has 618 valence electrons. The molecule has 0 unspecified atom stereocenters. The van der Waals surface area contributed by atoms with Crippen molar-refractivity contribution in [2.75, 3.05) is 6.54 Å². The minimum Gasteiger partial charge on any atom is -0.361 e. The molecule has 9 heterocycles. The van der Waals surface area contributed by atoms with Gasteiger partial charge in [-0.15, -0.1) is 30.6 Å². The van der Waals surface area contributed by atoms with Gasteiger partial charge in [-0.1, -0.05) is 246 Å². The van der Waals surface area contributed by atoms with Crippen molar-refractivity contribution in [3.8, 4) is 0 Å². The number of pyridine rings is 2. The minimum atomic E-state index is -0.497. The van der Waals surface area contributed by atoms with Crippen molar-refractivity contribution >= 4 is 120 Å². The van der Waals surface area contributed by atoms with Crippen LogP contribution < -0.4 is 21.3 Å². The Morgan fingerprint density at radius 1 is 0.382 bits per heavy atom. The number of hydrogen-bond acceptors (Lipinski definition) is 12. The molecular weight excluding hydrogens is 1670 g/mol. The Balaban J connectivity index is 0.000000137. The van der Waals surface area contributed by atoms with Crippen molar-refractivity contribution in [1.29, 1.82) is 0 Å². The van der Waals surface area contributed by atoms with Gasteiger partial charge in [0.1, 0.15) is 23.2 Å². The molecule has 9 aromatic carbocycles. The number of H-pyrrole nitrogens is 3. The van der Waals surface area contributed by atoms with E-state index < -0.39 is 18.1 Å². The first-order valence-corrected chi connectivity index (χ1v) is 42.7. The molecule has 18 rings (SSSR count). The Kier molecular flexibility index (Phi) is 27.3. The summed E-state index contributed by atoms with van der Waals surface area (Å²) < 4.78 is 6.24. The standard InChI is InChI=1S/C33H28Cl2N6O.C32H26Cl2N6O.C31H30Cl2N6O/c34-27-14-13-23(16-28(27)35)21-41-31(17-22-8-2-1-3-9-22)39-40-33(41)30(38-32(42)19-25-10-6-7-15-36-25)18-24-20-37-29-12-5-4-11-26(24)29;33-25-14-13-22(16-26(25)34)20-40-30(17-21-8-2-1-3-9-21)38-39-31(40)29(37-32(41)28-12-6-7-15-35-28)18-23-19-36-27-11-5-4-10-24(23)27;32-24-13-12-21(15-25(24)33)19-39-29(16-20-7-2-1-3-8-20)37-38-30(39)28(36-31(40)27-11-6-14-34-27)17-22-18-35-26-10-5-4-9-23(22)26/h1-16,20,30,37H,17-19,21H2,(H,38,42);1-16,19,29,36H,17-18,20H2,(H,37,41);1-5,7-10,12-13,15,18,27-28,34-35H,6,11,14,16-17,19H2,(H,36,40)/t30-;29-;27-,28+/m110/s1. The van der Waals surface area contributed by atoms with E-state index in [1.165, 1.54) is 0 Å². The average molecular weight is 1750 g/mol. The Morgan fingerprint density at radius 3 is 1.13 bits per heavy atom. The van der Waals surface area contributed by atoms with E-state index in [2.05, 4.69) is 146 Å². The van der Waals surface area contributed by atoms with E-state index in [4.69, 9.17) is 74.7 Å². The Bertz CT molecular complexity index is 6470. The fourth-order valence-electron chi connectivity index (χ4n) is 15.5. The second kappa shape index (κ2) is 40.0. The molecule has 21 nitrogen and oxygen atoms in total. The van der Waals surface area contributed by atoms with Crippen LogP contribution in [-0.2, 0) is 74.2 Å². The molecule has 0 radical (unpaired) electrons. The monoisotopic (exact) mass is 1750 g/mol. The molecule has 7 N–H and O–H groups in total. The van der Waals surface area contributed by atoms with E-state index in [0.717, 1.165) is 120 Å². The lowest BCUT2D eigenvalue weighted by Gasteiger charge is -2.22. The summed E-state index contributed by atoms with van der Waals surface area (Å²) in [4.78, 5) is 58.8. The van der Waals surface area contributed by atoms with E-state index in [1.54, 1.807) is 48.8 Å². The zero-order chi connectivity index (χ0) is 84.5. The quantitative estimate of drug-likeness (QED) is 0.0241. The number of nitrogens with one attached hydrogen (secondary N) is 7. The van der Waals surface area contributed by atoms with Gasteiger partial charge in [-0.25, -0.2) is 0 Å². The van der Waals surface area contributed by atoms with Gasteiger partial charge in [0.25, 0.3) is 5.91 Å². The number of nitrogens with zero attached hydrogens (tertiary/aromatic N) is 11. The first-order chi connectivity index (χ1) is 60.1. The number of carbonyl (C=O) groups is 3. The predicted octanol–water partition coefficient (Wildman–Crippen LogP) is 19.4. The highest BCUT2D eigenvalue weighted by molar-refractivity contribution is 6.43. The number of aromatic nitrogens is 14. The van der Waals surface area contributed by atoms with E-state index in [9.17, 15) is 14.4 Å². The molecule has 1 saturated heterocycles. The molecule has 17 aromatic rings. The van der Waals surface area contributed by atoms with Crippen molar-refractivity contribution in [1.82, 2.24) is 90.5 Å². The molecule has 0 aliphatic carbocycles. The number of rotatable bonds is 28.